The summed E-state index contributed by atoms with van der Waals surface area (Å²) in [5.41, 5.74) is 7.38. The maximum atomic E-state index is 11.4. The summed E-state index contributed by atoms with van der Waals surface area (Å²) < 4.78 is 0. The molecule has 0 aliphatic heterocycles. The molecule has 0 radical (unpaired) electrons. The van der Waals surface area contributed by atoms with Gasteiger partial charge in [-0.05, 0) is 25.0 Å². The molecule has 1 aromatic rings. The van der Waals surface area contributed by atoms with Crippen LogP contribution in [0.15, 0.2) is 12.3 Å². The molecule has 0 unspecified atom stereocenters. The molecule has 1 rings (SSSR count). The molecule has 0 aliphatic rings. The number of aromatic nitrogens is 1. The number of anilines is 2. The SMILES string of the molecule is CCCN(CC(=O)NC)c1cc(C)c(N)cn1. The molecule has 1 heterocycles. The third-order valence-electron chi connectivity index (χ3n) is 2.57. The minimum atomic E-state index is -0.0188. The average molecular weight is 236 g/mol. The Labute approximate surface area is 102 Å². The largest absolute Gasteiger partial charge is 0.397 e. The number of likely N-dealkylation sites (N-methyl/N-ethyl adjacent to an activating group) is 1. The number of hydrogen-bond donors (Lipinski definition) is 2. The van der Waals surface area contributed by atoms with Gasteiger partial charge in [-0.25, -0.2) is 4.98 Å². The van der Waals surface area contributed by atoms with Crippen LogP contribution in [0.1, 0.15) is 18.9 Å². The number of aryl methyl sites for hydroxylation is 1. The summed E-state index contributed by atoms with van der Waals surface area (Å²) in [6, 6.07) is 1.91. The Morgan fingerprint density at radius 3 is 2.82 bits per heavy atom. The van der Waals surface area contributed by atoms with E-state index in [-0.39, 0.29) is 5.91 Å². The first-order valence-electron chi connectivity index (χ1n) is 5.76. The monoisotopic (exact) mass is 236 g/mol. The van der Waals surface area contributed by atoms with E-state index in [0.717, 1.165) is 24.3 Å². The second-order valence-corrected chi connectivity index (χ2v) is 3.99. The normalized spacial score (nSPS) is 10.1. The molecule has 0 saturated heterocycles. The summed E-state index contributed by atoms with van der Waals surface area (Å²) in [5.74, 6) is 0.775. The quantitative estimate of drug-likeness (QED) is 0.798. The molecule has 0 spiro atoms. The number of nitrogens with zero attached hydrogens (tertiary/aromatic N) is 2. The van der Waals surface area contributed by atoms with Gasteiger partial charge < -0.3 is 16.0 Å². The second kappa shape index (κ2) is 6.08. The van der Waals surface area contributed by atoms with Gasteiger partial charge in [0, 0.05) is 13.6 Å². The zero-order valence-corrected chi connectivity index (χ0v) is 10.7. The zero-order chi connectivity index (χ0) is 12.8. The first kappa shape index (κ1) is 13.3. The zero-order valence-electron chi connectivity index (χ0n) is 10.7. The van der Waals surface area contributed by atoms with Crippen LogP contribution in [0.2, 0.25) is 0 Å². The summed E-state index contributed by atoms with van der Waals surface area (Å²) in [6.07, 6.45) is 2.60. The Kier molecular flexibility index (Phi) is 4.75. The van der Waals surface area contributed by atoms with Crippen molar-refractivity contribution in [2.45, 2.75) is 20.3 Å². The number of rotatable bonds is 5. The van der Waals surface area contributed by atoms with E-state index in [1.807, 2.05) is 17.9 Å². The Bertz CT molecular complexity index is 392. The van der Waals surface area contributed by atoms with Crippen molar-refractivity contribution in [1.29, 1.82) is 0 Å². The van der Waals surface area contributed by atoms with Crippen molar-refractivity contribution in [2.75, 3.05) is 30.8 Å². The van der Waals surface area contributed by atoms with Gasteiger partial charge >= 0.3 is 0 Å². The lowest BCUT2D eigenvalue weighted by Gasteiger charge is -2.22. The number of hydrogen-bond acceptors (Lipinski definition) is 4. The number of pyridine rings is 1. The van der Waals surface area contributed by atoms with E-state index in [2.05, 4.69) is 17.2 Å². The van der Waals surface area contributed by atoms with Crippen LogP contribution in [0, 0.1) is 6.92 Å². The van der Waals surface area contributed by atoms with E-state index in [9.17, 15) is 4.79 Å². The molecule has 1 amide bonds. The highest BCUT2D eigenvalue weighted by Crippen LogP contribution is 2.17. The molecule has 0 bridgehead atoms. The van der Waals surface area contributed by atoms with Crippen molar-refractivity contribution in [1.82, 2.24) is 10.3 Å². The van der Waals surface area contributed by atoms with Crippen LogP contribution in [0.4, 0.5) is 11.5 Å². The average Bonchev–Trinajstić information content (AvgIpc) is 2.32. The van der Waals surface area contributed by atoms with Gasteiger partial charge in [0.05, 0.1) is 18.4 Å². The van der Waals surface area contributed by atoms with E-state index < -0.39 is 0 Å². The number of nitrogen functional groups attached to an aromatic ring is 1. The third-order valence-corrected chi connectivity index (χ3v) is 2.57. The first-order chi connectivity index (χ1) is 8.08. The van der Waals surface area contributed by atoms with Crippen LogP contribution >= 0.6 is 0 Å². The van der Waals surface area contributed by atoms with E-state index in [0.29, 0.717) is 12.2 Å². The van der Waals surface area contributed by atoms with Crippen LogP contribution in [0.3, 0.4) is 0 Å². The highest BCUT2D eigenvalue weighted by Gasteiger charge is 2.11. The van der Waals surface area contributed by atoms with E-state index in [4.69, 9.17) is 5.73 Å². The minimum Gasteiger partial charge on any atom is -0.397 e. The molecule has 0 fully saturated rings. The molecule has 17 heavy (non-hydrogen) atoms. The van der Waals surface area contributed by atoms with Crippen LogP contribution < -0.4 is 16.0 Å². The molecule has 0 saturated carbocycles. The van der Waals surface area contributed by atoms with Crippen molar-refractivity contribution in [3.8, 4) is 0 Å². The van der Waals surface area contributed by atoms with Gasteiger partial charge in [-0.3, -0.25) is 4.79 Å². The van der Waals surface area contributed by atoms with Crippen molar-refractivity contribution in [2.24, 2.45) is 0 Å². The van der Waals surface area contributed by atoms with Gasteiger partial charge in [0.25, 0.3) is 0 Å². The molecule has 0 aliphatic carbocycles. The molecule has 1 aromatic heterocycles. The lowest BCUT2D eigenvalue weighted by Crippen LogP contribution is -2.36. The Hall–Kier alpha value is -1.78. The van der Waals surface area contributed by atoms with Gasteiger partial charge in [0.15, 0.2) is 0 Å². The number of carbonyl (C=O) groups excluding carboxylic acids is 1. The fourth-order valence-corrected chi connectivity index (χ4v) is 1.52. The summed E-state index contributed by atoms with van der Waals surface area (Å²) in [6.45, 7) is 5.12. The van der Waals surface area contributed by atoms with Gasteiger partial charge in [0.1, 0.15) is 5.82 Å². The van der Waals surface area contributed by atoms with Gasteiger partial charge in [0.2, 0.25) is 5.91 Å². The topological polar surface area (TPSA) is 71.2 Å². The fourth-order valence-electron chi connectivity index (χ4n) is 1.52. The lowest BCUT2D eigenvalue weighted by atomic mass is 10.2. The van der Waals surface area contributed by atoms with Crippen molar-refractivity contribution >= 4 is 17.4 Å². The van der Waals surface area contributed by atoms with Gasteiger partial charge in [-0.15, -0.1) is 0 Å². The maximum absolute atomic E-state index is 11.4. The Balaban J connectivity index is 2.88. The van der Waals surface area contributed by atoms with Gasteiger partial charge in [-0.2, -0.15) is 0 Å². The van der Waals surface area contributed by atoms with Crippen LogP contribution in [-0.4, -0.2) is 31.0 Å². The first-order valence-corrected chi connectivity index (χ1v) is 5.76. The van der Waals surface area contributed by atoms with Crippen molar-refractivity contribution in [3.63, 3.8) is 0 Å². The fraction of sp³-hybridized carbons (Fsp3) is 0.500. The molecule has 0 atom stereocenters. The van der Waals surface area contributed by atoms with Crippen molar-refractivity contribution in [3.05, 3.63) is 17.8 Å². The highest BCUT2D eigenvalue weighted by atomic mass is 16.1. The predicted molar refractivity (Wildman–Crippen MR) is 70.0 cm³/mol. The molecule has 94 valence electrons. The summed E-state index contributed by atoms with van der Waals surface area (Å²) in [7, 11) is 1.63. The minimum absolute atomic E-state index is 0.0188. The predicted octanol–water partition coefficient (Wildman–Crippen LogP) is 0.935. The molecule has 5 nitrogen and oxygen atoms in total. The van der Waals surface area contributed by atoms with Crippen molar-refractivity contribution < 1.29 is 4.79 Å². The van der Waals surface area contributed by atoms with E-state index in [1.54, 1.807) is 13.2 Å². The third kappa shape index (κ3) is 3.62. The lowest BCUT2D eigenvalue weighted by molar-refractivity contribution is -0.119. The second-order valence-electron chi connectivity index (χ2n) is 3.99. The summed E-state index contributed by atoms with van der Waals surface area (Å²) >= 11 is 0. The van der Waals surface area contributed by atoms with E-state index in [1.165, 1.54) is 0 Å². The van der Waals surface area contributed by atoms with E-state index >= 15 is 0 Å². The molecular weight excluding hydrogens is 216 g/mol. The van der Waals surface area contributed by atoms with Gasteiger partial charge in [-0.1, -0.05) is 6.92 Å². The molecule has 5 heteroatoms. The highest BCUT2D eigenvalue weighted by molar-refractivity contribution is 5.80. The molecule has 0 aromatic carbocycles. The summed E-state index contributed by atoms with van der Waals surface area (Å²) in [5, 5.41) is 2.62. The Morgan fingerprint density at radius 1 is 1.59 bits per heavy atom. The standard InChI is InChI=1S/C12H20N4O/c1-4-5-16(8-12(17)14-3)11-6-9(2)10(13)7-15-11/h6-7H,4-5,8,13H2,1-3H3,(H,14,17). The summed E-state index contributed by atoms with van der Waals surface area (Å²) in [4.78, 5) is 17.6. The number of amides is 1. The molecular formula is C12H20N4O. The number of nitrogens with two attached hydrogens (primary N) is 1. The van der Waals surface area contributed by atoms with Crippen LogP contribution in [-0.2, 0) is 4.79 Å². The molecule has 3 N–H and O–H groups in total. The number of carbonyl (C=O) groups is 1. The van der Waals surface area contributed by atoms with Crippen LogP contribution in [0.25, 0.3) is 0 Å². The van der Waals surface area contributed by atoms with Crippen LogP contribution in [0.5, 0.6) is 0 Å². The maximum Gasteiger partial charge on any atom is 0.239 e. The number of nitrogens with one attached hydrogen (secondary N) is 1. The smallest absolute Gasteiger partial charge is 0.239 e. The Morgan fingerprint density at radius 2 is 2.29 bits per heavy atom.